The summed E-state index contributed by atoms with van der Waals surface area (Å²) in [7, 11) is -6.55. The molecule has 0 aliphatic carbocycles. The van der Waals surface area contributed by atoms with E-state index in [1.54, 1.807) is 17.8 Å². The maximum Gasteiger partial charge on any atom is 0.294 e. The van der Waals surface area contributed by atoms with Crippen LogP contribution in [0.15, 0.2) is 77.4 Å². The van der Waals surface area contributed by atoms with Gasteiger partial charge in [0.1, 0.15) is 7.05 Å². The molecule has 2 aliphatic rings. The van der Waals surface area contributed by atoms with E-state index in [9.17, 15) is 30.7 Å². The topological polar surface area (TPSA) is 170 Å². The van der Waals surface area contributed by atoms with E-state index in [4.69, 9.17) is 5.73 Å². The lowest BCUT2D eigenvalue weighted by atomic mass is 9.81. The first-order valence-electron chi connectivity index (χ1n) is 17.6. The van der Waals surface area contributed by atoms with E-state index in [2.05, 4.69) is 48.0 Å². The molecule has 2 heterocycles. The number of amides is 1. The third kappa shape index (κ3) is 10.2. The number of nitrogens with zero attached hydrogens (tertiary/aromatic N) is 2. The zero-order chi connectivity index (χ0) is 38.3. The largest absolute Gasteiger partial charge is 0.351 e. The molecule has 0 spiro atoms. The number of nitrogens with one attached hydrogen (secondary N) is 1. The van der Waals surface area contributed by atoms with Crippen LogP contribution in [-0.4, -0.2) is 79.5 Å². The van der Waals surface area contributed by atoms with Crippen molar-refractivity contribution in [1.29, 1.82) is 0 Å². The van der Waals surface area contributed by atoms with Crippen molar-refractivity contribution in [3.8, 4) is 0 Å². The minimum atomic E-state index is -4.43. The predicted molar refractivity (Wildman–Crippen MR) is 211 cm³/mol. The lowest BCUT2D eigenvalue weighted by Crippen LogP contribution is -2.28. The molecule has 11 nitrogen and oxygen atoms in total. The van der Waals surface area contributed by atoms with Crippen molar-refractivity contribution in [3.63, 3.8) is 0 Å². The van der Waals surface area contributed by atoms with Crippen molar-refractivity contribution in [1.82, 2.24) is 5.32 Å². The second-order valence-electron chi connectivity index (χ2n) is 14.3. The smallest absolute Gasteiger partial charge is 0.294 e. The van der Waals surface area contributed by atoms with Gasteiger partial charge in [-0.15, -0.1) is 0 Å². The molecule has 4 rings (SSSR count). The van der Waals surface area contributed by atoms with E-state index < -0.39 is 31.4 Å². The Bertz CT molecular complexity index is 1980. The maximum absolute atomic E-state index is 12.5. The van der Waals surface area contributed by atoms with E-state index >= 15 is 0 Å². The number of nitrogens with two attached hydrogens (primary N) is 1. The van der Waals surface area contributed by atoms with E-state index in [0.29, 0.717) is 23.5 Å². The summed E-state index contributed by atoms with van der Waals surface area (Å²) in [5, 5.41) is 3.06. The summed E-state index contributed by atoms with van der Waals surface area (Å²) in [5.74, 6) is 1.05. The van der Waals surface area contributed by atoms with E-state index in [1.807, 2.05) is 50.1 Å². The molecular weight excluding hydrogens is 721 g/mol. The lowest BCUT2D eigenvalue weighted by molar-refractivity contribution is -0.401. The molecule has 2 aliphatic heterocycles. The maximum atomic E-state index is 12.5. The molecule has 5 N–H and O–H groups in total. The minimum absolute atomic E-state index is 0.0368. The Labute approximate surface area is 313 Å². The number of allylic oxidation sites excluding steroid dienone is 6. The molecule has 0 saturated heterocycles. The Balaban J connectivity index is 1.45. The van der Waals surface area contributed by atoms with Crippen LogP contribution in [0.5, 0.6) is 0 Å². The van der Waals surface area contributed by atoms with Crippen LogP contribution in [0.25, 0.3) is 0 Å². The number of hydrogen-bond acceptors (Lipinski definition) is 8. The molecule has 0 atom stereocenters. The van der Waals surface area contributed by atoms with Crippen LogP contribution in [0, 0.1) is 0 Å². The quantitative estimate of drug-likeness (QED) is 0.0621. The fourth-order valence-electron chi connectivity index (χ4n) is 6.93. The van der Waals surface area contributed by atoms with Gasteiger partial charge in [-0.1, -0.05) is 51.0 Å². The van der Waals surface area contributed by atoms with Crippen molar-refractivity contribution in [2.24, 2.45) is 5.73 Å². The van der Waals surface area contributed by atoms with Crippen molar-refractivity contribution < 1.29 is 35.3 Å². The number of anilines is 1. The van der Waals surface area contributed by atoms with E-state index in [-0.39, 0.29) is 29.2 Å². The van der Waals surface area contributed by atoms with Gasteiger partial charge in [0.05, 0.1) is 21.8 Å². The van der Waals surface area contributed by atoms with Gasteiger partial charge in [0.15, 0.2) is 5.71 Å². The SMILES string of the molecule is C[N+]1=C(/C=C/C=C/C=C2\N(CCCS(=O)(=O)O)c3ccc(S(=O)(=O)O)cc3C2(C)C)C(C)(C)c2cc(CNC(=O)CSCCCCCCN)ccc21. The molecule has 0 bridgehead atoms. The van der Waals surface area contributed by atoms with Crippen molar-refractivity contribution in [2.45, 2.75) is 82.1 Å². The molecule has 284 valence electrons. The summed E-state index contributed by atoms with van der Waals surface area (Å²) in [6.07, 6.45) is 14.3. The number of thioether (sulfide) groups is 1. The second kappa shape index (κ2) is 17.3. The number of fused-ring (bicyclic) bond motifs is 2. The lowest BCUT2D eigenvalue weighted by Gasteiger charge is -2.27. The number of benzene rings is 2. The standard InChI is InChI=1S/C38H52N4O7S3/c1-37(2)30-24-28(26-40-36(43)27-50-22-12-7-6-11-20-39)16-18-32(30)41(5)34(37)14-9-8-10-15-35-38(3,4)31-25-29(52(47,48)49)17-19-33(31)42(35)21-13-23-51(44,45)46/h8-10,14-19,24-25H,6-7,11-13,20-23,26-27,39H2,1-5H3,(H2-,40,43,44,45,46,47,48,49)/p+1. The van der Waals surface area contributed by atoms with Crippen LogP contribution in [-0.2, 0) is 42.4 Å². The Morgan fingerprint density at radius 1 is 0.923 bits per heavy atom. The molecule has 0 saturated carbocycles. The number of carbonyl (C=O) groups excluding carboxylic acids is 1. The fraction of sp³-hybridized carbons (Fsp3) is 0.474. The zero-order valence-corrected chi connectivity index (χ0v) is 33.2. The molecule has 14 heteroatoms. The number of hydrogen-bond donors (Lipinski definition) is 4. The molecule has 52 heavy (non-hydrogen) atoms. The first kappa shape index (κ1) is 41.5. The Kier molecular flexibility index (Phi) is 13.8. The van der Waals surface area contributed by atoms with Crippen LogP contribution in [0.1, 0.15) is 76.5 Å². The normalized spacial score (nSPS) is 17.5. The molecular formula is C38H53N4O7S3+. The van der Waals surface area contributed by atoms with E-state index in [1.165, 1.54) is 17.7 Å². The summed E-state index contributed by atoms with van der Waals surface area (Å²) < 4.78 is 67.8. The van der Waals surface area contributed by atoms with Gasteiger partial charge in [-0.2, -0.15) is 33.2 Å². The Hall–Kier alpha value is -3.27. The number of rotatable bonds is 18. The van der Waals surface area contributed by atoms with Crippen LogP contribution in [0.4, 0.5) is 11.4 Å². The first-order valence-corrected chi connectivity index (χ1v) is 21.8. The molecule has 2 aromatic rings. The third-order valence-corrected chi connectivity index (χ3v) is 12.4. The molecule has 0 unspecified atom stereocenters. The van der Waals surface area contributed by atoms with Gasteiger partial charge < -0.3 is 16.0 Å². The zero-order valence-electron chi connectivity index (χ0n) is 30.8. The molecule has 1 amide bonds. The van der Waals surface area contributed by atoms with Crippen molar-refractivity contribution >= 4 is 55.0 Å². The summed E-state index contributed by atoms with van der Waals surface area (Å²) >= 11 is 1.67. The highest BCUT2D eigenvalue weighted by molar-refractivity contribution is 7.99. The number of unbranched alkanes of at least 4 members (excludes halogenated alkanes) is 3. The van der Waals surface area contributed by atoms with E-state index in [0.717, 1.165) is 60.6 Å². The minimum Gasteiger partial charge on any atom is -0.351 e. The van der Waals surface area contributed by atoms with Gasteiger partial charge in [0.2, 0.25) is 11.6 Å². The highest BCUT2D eigenvalue weighted by Crippen LogP contribution is 2.48. The summed E-state index contributed by atoms with van der Waals surface area (Å²) in [5.41, 5.74) is 11.2. The van der Waals surface area contributed by atoms with Crippen molar-refractivity contribution in [3.05, 3.63) is 89.2 Å². The average molecular weight is 774 g/mol. The average Bonchev–Trinajstić information content (AvgIpc) is 3.39. The Morgan fingerprint density at radius 3 is 2.35 bits per heavy atom. The van der Waals surface area contributed by atoms with Gasteiger partial charge >= 0.3 is 0 Å². The summed E-state index contributed by atoms with van der Waals surface area (Å²) in [6.45, 7) is 9.70. The third-order valence-electron chi connectivity index (χ3n) is 9.74. The molecule has 0 radical (unpaired) electrons. The molecule has 2 aromatic carbocycles. The second-order valence-corrected chi connectivity index (χ2v) is 18.4. The van der Waals surface area contributed by atoms with Gasteiger partial charge in [-0.25, -0.2) is 0 Å². The highest BCUT2D eigenvalue weighted by atomic mass is 32.2. The number of carbonyl (C=O) groups is 1. The molecule has 0 aromatic heterocycles. The van der Waals surface area contributed by atoms with Crippen LogP contribution in [0.2, 0.25) is 0 Å². The Morgan fingerprint density at radius 2 is 1.65 bits per heavy atom. The monoisotopic (exact) mass is 773 g/mol. The first-order chi connectivity index (χ1) is 24.4. The summed E-state index contributed by atoms with van der Waals surface area (Å²) in [4.78, 5) is 14.2. The van der Waals surface area contributed by atoms with Gasteiger partial charge in [-0.05, 0) is 86.9 Å². The summed E-state index contributed by atoms with van der Waals surface area (Å²) in [6, 6.07) is 10.7. The molecule has 0 fully saturated rings. The highest BCUT2D eigenvalue weighted by Gasteiger charge is 2.43. The van der Waals surface area contributed by atoms with Gasteiger partial charge in [0.25, 0.3) is 20.2 Å². The van der Waals surface area contributed by atoms with Gasteiger partial charge in [0, 0.05) is 47.6 Å². The predicted octanol–water partition coefficient (Wildman–Crippen LogP) is 5.88. The van der Waals surface area contributed by atoms with Crippen LogP contribution < -0.4 is 16.0 Å². The van der Waals surface area contributed by atoms with Crippen LogP contribution >= 0.6 is 11.8 Å². The van der Waals surface area contributed by atoms with Gasteiger partial charge in [-0.3, -0.25) is 13.9 Å². The van der Waals surface area contributed by atoms with Crippen LogP contribution in [0.3, 0.4) is 0 Å². The van der Waals surface area contributed by atoms with Crippen molar-refractivity contribution in [2.75, 3.05) is 42.3 Å². The fourth-order valence-corrected chi connectivity index (χ4v) is 8.77.